The van der Waals surface area contributed by atoms with Crippen molar-refractivity contribution < 1.29 is 0 Å². The minimum atomic E-state index is 0.473. The van der Waals surface area contributed by atoms with Gasteiger partial charge in [-0.25, -0.2) is 0 Å². The molecule has 1 aliphatic heterocycles. The van der Waals surface area contributed by atoms with Gasteiger partial charge in [0, 0.05) is 22.7 Å². The third kappa shape index (κ3) is 3.87. The summed E-state index contributed by atoms with van der Waals surface area (Å²) < 4.78 is 0. The first-order valence-electron chi connectivity index (χ1n) is 7.01. The van der Waals surface area contributed by atoms with Crippen LogP contribution >= 0.6 is 24.0 Å². The van der Waals surface area contributed by atoms with Gasteiger partial charge in [0.15, 0.2) is 0 Å². The van der Waals surface area contributed by atoms with Crippen molar-refractivity contribution >= 4 is 34.7 Å². The molecular weight excluding hydrogens is 286 g/mol. The fourth-order valence-corrected chi connectivity index (χ4v) is 3.55. The number of anilines is 1. The molecule has 1 saturated heterocycles. The molecule has 0 spiro atoms. The lowest BCUT2D eigenvalue weighted by Gasteiger charge is -2.29. The molecule has 20 heavy (non-hydrogen) atoms. The second-order valence-electron chi connectivity index (χ2n) is 5.37. The molecule has 0 amide bonds. The molecule has 0 aliphatic carbocycles. The van der Waals surface area contributed by atoms with Crippen LogP contribution in [0.2, 0.25) is 0 Å². The Morgan fingerprint density at radius 2 is 2.15 bits per heavy atom. The van der Waals surface area contributed by atoms with Crippen molar-refractivity contribution in [1.82, 2.24) is 4.90 Å². The number of thiocarbonyl (C=S) groups is 1. The highest BCUT2D eigenvalue weighted by molar-refractivity contribution is 7.98. The summed E-state index contributed by atoms with van der Waals surface area (Å²) in [7, 11) is 2.19. The van der Waals surface area contributed by atoms with Crippen LogP contribution in [0, 0.1) is 5.92 Å². The summed E-state index contributed by atoms with van der Waals surface area (Å²) in [5.41, 5.74) is 7.95. The lowest BCUT2D eigenvalue weighted by atomic mass is 9.97. The maximum absolute atomic E-state index is 5.89. The van der Waals surface area contributed by atoms with Crippen LogP contribution in [-0.4, -0.2) is 42.8 Å². The van der Waals surface area contributed by atoms with Gasteiger partial charge in [0.25, 0.3) is 0 Å². The van der Waals surface area contributed by atoms with Gasteiger partial charge < -0.3 is 16.0 Å². The molecule has 1 fully saturated rings. The third-order valence-corrected chi connectivity index (χ3v) is 4.90. The molecule has 1 aromatic rings. The first-order chi connectivity index (χ1) is 9.61. The van der Waals surface area contributed by atoms with Crippen molar-refractivity contribution in [1.29, 1.82) is 0 Å². The van der Waals surface area contributed by atoms with Crippen LogP contribution in [0.5, 0.6) is 0 Å². The third-order valence-electron chi connectivity index (χ3n) is 3.91. The SMILES string of the molecule is CSc1cccc(NCC2CCN(C)CC2)c1C(N)=S. The first kappa shape index (κ1) is 15.6. The summed E-state index contributed by atoms with van der Waals surface area (Å²) in [5, 5.41) is 3.55. The Labute approximate surface area is 131 Å². The molecule has 110 valence electrons. The van der Waals surface area contributed by atoms with Crippen LogP contribution in [-0.2, 0) is 0 Å². The second kappa shape index (κ2) is 7.29. The van der Waals surface area contributed by atoms with Crippen LogP contribution in [0.1, 0.15) is 18.4 Å². The predicted octanol–water partition coefficient (Wildman–Crippen LogP) is 2.80. The number of hydrogen-bond acceptors (Lipinski definition) is 4. The molecular formula is C15H23N3S2. The van der Waals surface area contributed by atoms with Crippen molar-refractivity contribution in [2.75, 3.05) is 38.3 Å². The van der Waals surface area contributed by atoms with Crippen LogP contribution in [0.4, 0.5) is 5.69 Å². The molecule has 1 heterocycles. The zero-order valence-electron chi connectivity index (χ0n) is 12.2. The van der Waals surface area contributed by atoms with E-state index in [-0.39, 0.29) is 0 Å². The molecule has 2 rings (SSSR count). The Balaban J connectivity index is 2.04. The Morgan fingerprint density at radius 1 is 1.45 bits per heavy atom. The lowest BCUT2D eigenvalue weighted by Crippen LogP contribution is -2.33. The maximum atomic E-state index is 5.89. The van der Waals surface area contributed by atoms with E-state index < -0.39 is 0 Å². The molecule has 0 aromatic heterocycles. The molecule has 0 atom stereocenters. The minimum Gasteiger partial charge on any atom is -0.389 e. The standard InChI is InChI=1S/C15H23N3S2/c1-18-8-6-11(7-9-18)10-17-12-4-3-5-13(20-2)14(12)15(16)19/h3-5,11,17H,6-10H2,1-2H3,(H2,16,19). The van der Waals surface area contributed by atoms with E-state index in [4.69, 9.17) is 18.0 Å². The predicted molar refractivity (Wildman–Crippen MR) is 92.8 cm³/mol. The summed E-state index contributed by atoms with van der Waals surface area (Å²) >= 11 is 6.89. The van der Waals surface area contributed by atoms with Crippen molar-refractivity contribution in [3.05, 3.63) is 23.8 Å². The molecule has 0 bridgehead atoms. The Hall–Kier alpha value is -0.780. The number of piperidine rings is 1. The van der Waals surface area contributed by atoms with E-state index in [1.54, 1.807) is 11.8 Å². The molecule has 0 radical (unpaired) electrons. The molecule has 5 heteroatoms. The van der Waals surface area contributed by atoms with E-state index in [0.29, 0.717) is 4.99 Å². The Kier molecular flexibility index (Phi) is 5.69. The van der Waals surface area contributed by atoms with Gasteiger partial charge in [0.1, 0.15) is 4.99 Å². The highest BCUT2D eigenvalue weighted by Gasteiger charge is 2.17. The number of rotatable bonds is 5. The summed E-state index contributed by atoms with van der Waals surface area (Å²) in [5.74, 6) is 0.739. The first-order valence-corrected chi connectivity index (χ1v) is 8.64. The number of likely N-dealkylation sites (tertiary alicyclic amines) is 1. The highest BCUT2D eigenvalue weighted by Crippen LogP contribution is 2.28. The van der Waals surface area contributed by atoms with E-state index in [9.17, 15) is 0 Å². The summed E-state index contributed by atoms with van der Waals surface area (Å²) in [6, 6.07) is 6.20. The molecule has 0 unspecified atom stereocenters. The van der Waals surface area contributed by atoms with Crippen molar-refractivity contribution in [2.45, 2.75) is 17.7 Å². The topological polar surface area (TPSA) is 41.3 Å². The summed E-state index contributed by atoms with van der Waals surface area (Å²) in [6.07, 6.45) is 4.57. The summed E-state index contributed by atoms with van der Waals surface area (Å²) in [4.78, 5) is 4.01. The Morgan fingerprint density at radius 3 is 2.75 bits per heavy atom. The molecule has 1 aromatic carbocycles. The van der Waals surface area contributed by atoms with Gasteiger partial charge >= 0.3 is 0 Å². The molecule has 3 N–H and O–H groups in total. The zero-order valence-corrected chi connectivity index (χ0v) is 13.8. The fourth-order valence-electron chi connectivity index (χ4n) is 2.62. The number of nitrogens with one attached hydrogen (secondary N) is 1. The van der Waals surface area contributed by atoms with E-state index >= 15 is 0 Å². The average Bonchev–Trinajstić information content (AvgIpc) is 2.46. The van der Waals surface area contributed by atoms with Crippen molar-refractivity contribution in [3.8, 4) is 0 Å². The van der Waals surface area contributed by atoms with E-state index in [1.165, 1.54) is 25.9 Å². The average molecular weight is 310 g/mol. The second-order valence-corrected chi connectivity index (χ2v) is 6.66. The van der Waals surface area contributed by atoms with Crippen LogP contribution < -0.4 is 11.1 Å². The quantitative estimate of drug-likeness (QED) is 0.646. The van der Waals surface area contributed by atoms with Crippen LogP contribution in [0.15, 0.2) is 23.1 Å². The minimum absolute atomic E-state index is 0.473. The van der Waals surface area contributed by atoms with Gasteiger partial charge in [-0.3, -0.25) is 0 Å². The van der Waals surface area contributed by atoms with Crippen molar-refractivity contribution in [2.24, 2.45) is 11.7 Å². The van der Waals surface area contributed by atoms with Gasteiger partial charge in [-0.1, -0.05) is 18.3 Å². The highest BCUT2D eigenvalue weighted by atomic mass is 32.2. The largest absolute Gasteiger partial charge is 0.389 e. The number of hydrogen-bond donors (Lipinski definition) is 2. The number of benzene rings is 1. The number of nitrogens with two attached hydrogens (primary N) is 1. The van der Waals surface area contributed by atoms with E-state index in [2.05, 4.69) is 41.7 Å². The molecule has 3 nitrogen and oxygen atoms in total. The number of nitrogens with zero attached hydrogens (tertiary/aromatic N) is 1. The monoisotopic (exact) mass is 309 g/mol. The zero-order chi connectivity index (χ0) is 14.5. The van der Waals surface area contributed by atoms with Gasteiger partial charge in [0.2, 0.25) is 0 Å². The van der Waals surface area contributed by atoms with Crippen LogP contribution in [0.3, 0.4) is 0 Å². The van der Waals surface area contributed by atoms with Gasteiger partial charge in [-0.05, 0) is 57.3 Å². The van der Waals surface area contributed by atoms with Gasteiger partial charge in [0.05, 0.1) is 0 Å². The Bertz CT molecular complexity index is 468. The smallest absolute Gasteiger partial charge is 0.107 e. The molecule has 1 aliphatic rings. The van der Waals surface area contributed by atoms with Crippen molar-refractivity contribution in [3.63, 3.8) is 0 Å². The van der Waals surface area contributed by atoms with E-state index in [0.717, 1.165) is 28.6 Å². The molecule has 0 saturated carbocycles. The fraction of sp³-hybridized carbons (Fsp3) is 0.533. The normalized spacial score (nSPS) is 17.1. The summed E-state index contributed by atoms with van der Waals surface area (Å²) in [6.45, 7) is 3.39. The van der Waals surface area contributed by atoms with Gasteiger partial charge in [-0.2, -0.15) is 0 Å². The van der Waals surface area contributed by atoms with Gasteiger partial charge in [-0.15, -0.1) is 11.8 Å². The van der Waals surface area contributed by atoms with E-state index in [1.807, 2.05) is 0 Å². The number of thioether (sulfide) groups is 1. The van der Waals surface area contributed by atoms with Crippen LogP contribution in [0.25, 0.3) is 0 Å². The lowest BCUT2D eigenvalue weighted by molar-refractivity contribution is 0.226. The maximum Gasteiger partial charge on any atom is 0.107 e.